The van der Waals surface area contributed by atoms with Gasteiger partial charge >= 0.3 is 0 Å². The van der Waals surface area contributed by atoms with Gasteiger partial charge in [-0.2, -0.15) is 0 Å². The summed E-state index contributed by atoms with van der Waals surface area (Å²) in [7, 11) is 0. The van der Waals surface area contributed by atoms with Crippen LogP contribution in [0.15, 0.2) is 40.9 Å². The molecule has 0 amide bonds. The molecule has 2 rings (SSSR count). The molecule has 0 aliphatic carbocycles. The lowest BCUT2D eigenvalue weighted by atomic mass is 10.0. The van der Waals surface area contributed by atoms with Gasteiger partial charge in [-0.1, -0.05) is 45.2 Å². The molecule has 1 N–H and O–H groups in total. The van der Waals surface area contributed by atoms with Crippen molar-refractivity contribution in [3.63, 3.8) is 0 Å². The third-order valence-electron chi connectivity index (χ3n) is 2.70. The van der Waals surface area contributed by atoms with Crippen LogP contribution in [0.3, 0.4) is 0 Å². The second-order valence-electron chi connectivity index (χ2n) is 4.16. The van der Waals surface area contributed by atoms with Crippen molar-refractivity contribution in [1.29, 1.82) is 0 Å². The second-order valence-corrected chi connectivity index (χ2v) is 5.95. The highest BCUT2D eigenvalue weighted by Crippen LogP contribution is 2.27. The second kappa shape index (κ2) is 6.23. The fraction of sp³-hybridized carbons (Fsp3) is 0.143. The molecule has 2 aromatic rings. The van der Waals surface area contributed by atoms with E-state index >= 15 is 0 Å². The fourth-order valence-electron chi connectivity index (χ4n) is 1.78. The van der Waals surface area contributed by atoms with E-state index in [9.17, 15) is 9.50 Å². The van der Waals surface area contributed by atoms with Crippen LogP contribution in [0.25, 0.3) is 0 Å². The summed E-state index contributed by atoms with van der Waals surface area (Å²) in [5.74, 6) is -0.360. The van der Waals surface area contributed by atoms with Gasteiger partial charge in [0, 0.05) is 20.9 Å². The van der Waals surface area contributed by atoms with Gasteiger partial charge in [0.1, 0.15) is 5.82 Å². The van der Waals surface area contributed by atoms with Gasteiger partial charge in [0.25, 0.3) is 0 Å². The van der Waals surface area contributed by atoms with E-state index in [1.54, 1.807) is 30.3 Å². The molecule has 0 bridgehead atoms. The molecule has 0 saturated carbocycles. The molecule has 0 aliphatic heterocycles. The molecule has 100 valence electrons. The van der Waals surface area contributed by atoms with E-state index in [0.717, 1.165) is 0 Å². The minimum absolute atomic E-state index is 0.162. The van der Waals surface area contributed by atoms with Gasteiger partial charge in [0.05, 0.1) is 6.10 Å². The van der Waals surface area contributed by atoms with E-state index in [1.807, 2.05) is 0 Å². The Kier molecular flexibility index (Phi) is 4.85. The van der Waals surface area contributed by atoms with Gasteiger partial charge in [-0.05, 0) is 41.5 Å². The maximum atomic E-state index is 13.7. The zero-order chi connectivity index (χ0) is 14.0. The Labute approximate surface area is 129 Å². The van der Waals surface area contributed by atoms with Gasteiger partial charge in [-0.3, -0.25) is 0 Å². The third-order valence-corrected chi connectivity index (χ3v) is 3.63. The minimum atomic E-state index is -0.855. The van der Waals surface area contributed by atoms with Crippen LogP contribution in [0.5, 0.6) is 0 Å². The van der Waals surface area contributed by atoms with Crippen LogP contribution in [0.1, 0.15) is 17.2 Å². The van der Waals surface area contributed by atoms with Crippen LogP contribution >= 0.6 is 39.1 Å². The summed E-state index contributed by atoms with van der Waals surface area (Å²) in [5, 5.41) is 11.0. The van der Waals surface area contributed by atoms with E-state index in [0.29, 0.717) is 25.6 Å². The van der Waals surface area contributed by atoms with Crippen molar-refractivity contribution in [3.05, 3.63) is 67.9 Å². The van der Waals surface area contributed by atoms with Gasteiger partial charge in [0.15, 0.2) is 0 Å². The van der Waals surface area contributed by atoms with Crippen LogP contribution in [0.2, 0.25) is 10.0 Å². The van der Waals surface area contributed by atoms with Crippen molar-refractivity contribution in [2.45, 2.75) is 12.5 Å². The third kappa shape index (κ3) is 3.93. The molecule has 0 aliphatic rings. The van der Waals surface area contributed by atoms with Crippen molar-refractivity contribution >= 4 is 39.1 Å². The molecule has 0 saturated heterocycles. The zero-order valence-electron chi connectivity index (χ0n) is 9.71. The number of aliphatic hydroxyl groups is 1. The molecule has 0 spiro atoms. The summed E-state index contributed by atoms with van der Waals surface area (Å²) < 4.78 is 14.4. The van der Waals surface area contributed by atoms with Gasteiger partial charge < -0.3 is 5.11 Å². The first kappa shape index (κ1) is 14.8. The Hall–Kier alpha value is -0.610. The van der Waals surface area contributed by atoms with Crippen LogP contribution in [0.4, 0.5) is 4.39 Å². The maximum Gasteiger partial charge on any atom is 0.127 e. The summed E-state index contributed by atoms with van der Waals surface area (Å²) in [6.07, 6.45) is -0.692. The molecular formula is C14H10BrCl2FO. The lowest BCUT2D eigenvalue weighted by Crippen LogP contribution is -2.03. The molecular weight excluding hydrogens is 354 g/mol. The molecule has 5 heteroatoms. The van der Waals surface area contributed by atoms with Crippen LogP contribution in [-0.2, 0) is 6.42 Å². The smallest absolute Gasteiger partial charge is 0.127 e. The predicted molar refractivity (Wildman–Crippen MR) is 79.2 cm³/mol. The minimum Gasteiger partial charge on any atom is -0.388 e. The van der Waals surface area contributed by atoms with E-state index < -0.39 is 6.10 Å². The standard InChI is InChI=1S/C14H10BrCl2FO/c15-10-2-1-8(13(18)6-10)5-14(19)9-3-11(16)7-12(17)4-9/h1-4,6-7,14,19H,5H2. The summed E-state index contributed by atoms with van der Waals surface area (Å²) in [5.41, 5.74) is 1.01. The van der Waals surface area contributed by atoms with Gasteiger partial charge in [0.2, 0.25) is 0 Å². The number of rotatable bonds is 3. The summed E-state index contributed by atoms with van der Waals surface area (Å²) in [6, 6.07) is 9.56. The van der Waals surface area contributed by atoms with E-state index in [2.05, 4.69) is 15.9 Å². The maximum absolute atomic E-state index is 13.7. The molecule has 1 atom stereocenters. The number of hydrogen-bond donors (Lipinski definition) is 1. The predicted octanol–water partition coefficient (Wildman–Crippen LogP) is 5.17. The highest BCUT2D eigenvalue weighted by molar-refractivity contribution is 9.10. The number of aliphatic hydroxyl groups excluding tert-OH is 1. The van der Waals surface area contributed by atoms with Crippen molar-refractivity contribution in [3.8, 4) is 0 Å². The molecule has 2 aromatic carbocycles. The Morgan fingerprint density at radius 3 is 2.32 bits per heavy atom. The average molecular weight is 364 g/mol. The molecule has 0 radical (unpaired) electrons. The molecule has 1 unspecified atom stereocenters. The fourth-order valence-corrected chi connectivity index (χ4v) is 2.66. The highest BCUT2D eigenvalue weighted by atomic mass is 79.9. The van der Waals surface area contributed by atoms with Gasteiger partial charge in [-0.25, -0.2) is 4.39 Å². The Morgan fingerprint density at radius 1 is 1.11 bits per heavy atom. The molecule has 0 aromatic heterocycles. The van der Waals surface area contributed by atoms with Gasteiger partial charge in [-0.15, -0.1) is 0 Å². The van der Waals surface area contributed by atoms with E-state index in [1.165, 1.54) is 6.07 Å². The normalized spacial score (nSPS) is 12.5. The van der Waals surface area contributed by atoms with Crippen LogP contribution in [0, 0.1) is 5.82 Å². The van der Waals surface area contributed by atoms with E-state index in [4.69, 9.17) is 23.2 Å². The molecule has 1 nitrogen and oxygen atoms in total. The SMILES string of the molecule is OC(Cc1ccc(Br)cc1F)c1cc(Cl)cc(Cl)c1. The van der Waals surface area contributed by atoms with E-state index in [-0.39, 0.29) is 12.2 Å². The Balaban J connectivity index is 2.22. The van der Waals surface area contributed by atoms with Crippen molar-refractivity contribution in [2.75, 3.05) is 0 Å². The monoisotopic (exact) mass is 362 g/mol. The Bertz CT molecular complexity index is 584. The highest BCUT2D eigenvalue weighted by Gasteiger charge is 2.13. The first-order valence-electron chi connectivity index (χ1n) is 5.53. The van der Waals surface area contributed by atoms with Crippen molar-refractivity contribution < 1.29 is 9.50 Å². The summed E-state index contributed by atoms with van der Waals surface area (Å²) in [6.45, 7) is 0. The van der Waals surface area contributed by atoms with Crippen LogP contribution in [-0.4, -0.2) is 5.11 Å². The molecule has 19 heavy (non-hydrogen) atoms. The molecule has 0 heterocycles. The topological polar surface area (TPSA) is 20.2 Å². The Morgan fingerprint density at radius 2 is 1.74 bits per heavy atom. The largest absolute Gasteiger partial charge is 0.388 e. The number of benzene rings is 2. The number of hydrogen-bond acceptors (Lipinski definition) is 1. The lowest BCUT2D eigenvalue weighted by Gasteiger charge is -2.13. The lowest BCUT2D eigenvalue weighted by molar-refractivity contribution is 0.177. The summed E-state index contributed by atoms with van der Waals surface area (Å²) >= 11 is 14.9. The average Bonchev–Trinajstić information content (AvgIpc) is 2.31. The van der Waals surface area contributed by atoms with Crippen molar-refractivity contribution in [1.82, 2.24) is 0 Å². The zero-order valence-corrected chi connectivity index (χ0v) is 12.8. The first-order valence-corrected chi connectivity index (χ1v) is 7.08. The first-order chi connectivity index (χ1) is 8.95. The summed E-state index contributed by atoms with van der Waals surface area (Å²) in [4.78, 5) is 0. The van der Waals surface area contributed by atoms with Crippen molar-refractivity contribution in [2.24, 2.45) is 0 Å². The number of halogens is 4. The quantitative estimate of drug-likeness (QED) is 0.797. The van der Waals surface area contributed by atoms with Crippen LogP contribution < -0.4 is 0 Å². The molecule has 0 fully saturated rings.